The molecule has 0 saturated carbocycles. The maximum absolute atomic E-state index is 13.3. The van der Waals surface area contributed by atoms with Crippen molar-refractivity contribution in [3.63, 3.8) is 0 Å². The number of aromatic carboxylic acids is 1. The van der Waals surface area contributed by atoms with Crippen LogP contribution in [0.1, 0.15) is 10.4 Å². The summed E-state index contributed by atoms with van der Waals surface area (Å²) in [6.07, 6.45) is 0. The lowest BCUT2D eigenvalue weighted by molar-refractivity contribution is 0.0692. The standard InChI is InChI=1S/C12H15FN2O4S/c1-14-4-6-15(7-5-14)20(18,19)11-8-9(13)2-3-10(11)12(16)17/h2-3,8H,4-7H2,1H3,(H,16,17). The fourth-order valence-corrected chi connectivity index (χ4v) is 3.67. The molecule has 0 bridgehead atoms. The monoisotopic (exact) mass is 302 g/mol. The van der Waals surface area contributed by atoms with E-state index in [0.29, 0.717) is 13.1 Å². The predicted octanol–water partition coefficient (Wildman–Crippen LogP) is 0.460. The van der Waals surface area contributed by atoms with Gasteiger partial charge in [-0.2, -0.15) is 4.31 Å². The summed E-state index contributed by atoms with van der Waals surface area (Å²) in [6.45, 7) is 1.62. The number of nitrogens with zero attached hydrogens (tertiary/aromatic N) is 2. The summed E-state index contributed by atoms with van der Waals surface area (Å²) in [6, 6.07) is 2.67. The van der Waals surface area contributed by atoms with Crippen molar-refractivity contribution in [3.8, 4) is 0 Å². The Bertz CT molecular complexity index is 624. The van der Waals surface area contributed by atoms with Crippen LogP contribution in [0.3, 0.4) is 0 Å². The molecule has 1 aliphatic rings. The van der Waals surface area contributed by atoms with Gasteiger partial charge in [-0.3, -0.25) is 0 Å². The minimum atomic E-state index is -4.00. The van der Waals surface area contributed by atoms with E-state index in [-0.39, 0.29) is 13.1 Å². The van der Waals surface area contributed by atoms with E-state index in [4.69, 9.17) is 5.11 Å². The molecule has 0 spiro atoms. The van der Waals surface area contributed by atoms with Crippen LogP contribution in [-0.4, -0.2) is 61.9 Å². The number of benzene rings is 1. The SMILES string of the molecule is CN1CCN(S(=O)(=O)c2cc(F)ccc2C(=O)O)CC1. The number of piperazine rings is 1. The lowest BCUT2D eigenvalue weighted by atomic mass is 10.2. The van der Waals surface area contributed by atoms with Gasteiger partial charge in [0.15, 0.2) is 0 Å². The minimum Gasteiger partial charge on any atom is -0.478 e. The maximum Gasteiger partial charge on any atom is 0.337 e. The first-order valence-corrected chi connectivity index (χ1v) is 7.48. The fourth-order valence-electron chi connectivity index (χ4n) is 2.05. The van der Waals surface area contributed by atoms with Gasteiger partial charge in [-0.25, -0.2) is 17.6 Å². The highest BCUT2D eigenvalue weighted by molar-refractivity contribution is 7.89. The van der Waals surface area contributed by atoms with Crippen molar-refractivity contribution in [3.05, 3.63) is 29.6 Å². The van der Waals surface area contributed by atoms with Crippen LogP contribution >= 0.6 is 0 Å². The number of rotatable bonds is 3. The van der Waals surface area contributed by atoms with Gasteiger partial charge in [-0.1, -0.05) is 0 Å². The minimum absolute atomic E-state index is 0.258. The molecule has 1 aromatic carbocycles. The van der Waals surface area contributed by atoms with Crippen LogP contribution in [0, 0.1) is 5.82 Å². The van der Waals surface area contributed by atoms with E-state index in [2.05, 4.69) is 0 Å². The van der Waals surface area contributed by atoms with Crippen LogP contribution in [0.2, 0.25) is 0 Å². The molecular weight excluding hydrogens is 287 g/mol. The number of likely N-dealkylation sites (N-methyl/N-ethyl adjacent to an activating group) is 1. The second-order valence-electron chi connectivity index (χ2n) is 4.65. The van der Waals surface area contributed by atoms with Gasteiger partial charge >= 0.3 is 5.97 Å². The Morgan fingerprint density at radius 1 is 1.25 bits per heavy atom. The van der Waals surface area contributed by atoms with E-state index in [9.17, 15) is 17.6 Å². The van der Waals surface area contributed by atoms with Gasteiger partial charge in [0, 0.05) is 26.2 Å². The molecule has 1 N–H and O–H groups in total. The van der Waals surface area contributed by atoms with Crippen LogP contribution in [0.4, 0.5) is 4.39 Å². The summed E-state index contributed by atoms with van der Waals surface area (Å²) in [4.78, 5) is 12.6. The summed E-state index contributed by atoms with van der Waals surface area (Å²) in [5.74, 6) is -2.17. The summed E-state index contributed by atoms with van der Waals surface area (Å²) >= 11 is 0. The molecule has 110 valence electrons. The topological polar surface area (TPSA) is 77.9 Å². The molecule has 1 fully saturated rings. The fraction of sp³-hybridized carbons (Fsp3) is 0.417. The van der Waals surface area contributed by atoms with E-state index < -0.39 is 32.3 Å². The zero-order valence-corrected chi connectivity index (χ0v) is 11.7. The lowest BCUT2D eigenvalue weighted by Gasteiger charge is -2.31. The largest absolute Gasteiger partial charge is 0.478 e. The van der Waals surface area contributed by atoms with Crippen molar-refractivity contribution in [1.82, 2.24) is 9.21 Å². The molecule has 0 amide bonds. The van der Waals surface area contributed by atoms with Gasteiger partial charge in [-0.05, 0) is 25.2 Å². The molecule has 1 saturated heterocycles. The Kier molecular flexibility index (Phi) is 4.07. The Hall–Kier alpha value is -1.51. The number of hydrogen-bond acceptors (Lipinski definition) is 4. The number of hydrogen-bond donors (Lipinski definition) is 1. The van der Waals surface area contributed by atoms with Gasteiger partial charge in [-0.15, -0.1) is 0 Å². The first-order valence-electron chi connectivity index (χ1n) is 6.04. The van der Waals surface area contributed by atoms with Gasteiger partial charge in [0.2, 0.25) is 10.0 Å². The Morgan fingerprint density at radius 3 is 2.40 bits per heavy atom. The number of carboxylic acid groups (broad SMARTS) is 1. The van der Waals surface area contributed by atoms with Gasteiger partial charge in [0.25, 0.3) is 0 Å². The van der Waals surface area contributed by atoms with Crippen LogP contribution in [-0.2, 0) is 10.0 Å². The molecule has 6 nitrogen and oxygen atoms in total. The summed E-state index contributed by atoms with van der Waals surface area (Å²) in [7, 11) is -2.13. The highest BCUT2D eigenvalue weighted by Crippen LogP contribution is 2.22. The second kappa shape index (κ2) is 5.47. The van der Waals surface area contributed by atoms with E-state index in [1.165, 1.54) is 4.31 Å². The van der Waals surface area contributed by atoms with E-state index in [0.717, 1.165) is 18.2 Å². The van der Waals surface area contributed by atoms with Crippen molar-refractivity contribution in [2.24, 2.45) is 0 Å². The maximum atomic E-state index is 13.3. The number of sulfonamides is 1. The third-order valence-electron chi connectivity index (χ3n) is 3.25. The molecule has 0 unspecified atom stereocenters. The zero-order chi connectivity index (χ0) is 14.9. The van der Waals surface area contributed by atoms with Crippen molar-refractivity contribution >= 4 is 16.0 Å². The average molecular weight is 302 g/mol. The third-order valence-corrected chi connectivity index (χ3v) is 5.19. The molecule has 2 rings (SSSR count). The number of carboxylic acids is 1. The molecule has 0 atom stereocenters. The summed E-state index contributed by atoms with van der Waals surface area (Å²) < 4.78 is 39.4. The highest BCUT2D eigenvalue weighted by Gasteiger charge is 2.31. The molecule has 0 aliphatic carbocycles. The molecule has 0 radical (unpaired) electrons. The predicted molar refractivity (Wildman–Crippen MR) is 69.6 cm³/mol. The summed E-state index contributed by atoms with van der Waals surface area (Å²) in [5, 5.41) is 9.05. The normalized spacial score (nSPS) is 18.1. The number of carbonyl (C=O) groups is 1. The van der Waals surface area contributed by atoms with E-state index in [1.807, 2.05) is 11.9 Å². The first-order chi connectivity index (χ1) is 9.32. The zero-order valence-electron chi connectivity index (χ0n) is 10.9. The Balaban J connectivity index is 2.43. The summed E-state index contributed by atoms with van der Waals surface area (Å²) in [5.41, 5.74) is -0.412. The molecular formula is C12H15FN2O4S. The van der Waals surface area contributed by atoms with Crippen LogP contribution in [0.5, 0.6) is 0 Å². The molecule has 20 heavy (non-hydrogen) atoms. The van der Waals surface area contributed by atoms with E-state index in [1.54, 1.807) is 0 Å². The highest BCUT2D eigenvalue weighted by atomic mass is 32.2. The van der Waals surface area contributed by atoms with Crippen LogP contribution < -0.4 is 0 Å². The van der Waals surface area contributed by atoms with Crippen molar-refractivity contribution in [1.29, 1.82) is 0 Å². The van der Waals surface area contributed by atoms with Gasteiger partial charge < -0.3 is 10.0 Å². The second-order valence-corrected chi connectivity index (χ2v) is 6.56. The van der Waals surface area contributed by atoms with Crippen LogP contribution in [0.25, 0.3) is 0 Å². The number of halogens is 1. The smallest absolute Gasteiger partial charge is 0.337 e. The van der Waals surface area contributed by atoms with Crippen LogP contribution in [0.15, 0.2) is 23.1 Å². The Labute approximate surface area is 116 Å². The van der Waals surface area contributed by atoms with Crippen molar-refractivity contribution in [2.75, 3.05) is 33.2 Å². The quantitative estimate of drug-likeness (QED) is 0.877. The lowest BCUT2D eigenvalue weighted by Crippen LogP contribution is -2.47. The molecule has 1 aliphatic heterocycles. The van der Waals surface area contributed by atoms with Crippen molar-refractivity contribution < 1.29 is 22.7 Å². The van der Waals surface area contributed by atoms with Crippen molar-refractivity contribution in [2.45, 2.75) is 4.90 Å². The van der Waals surface area contributed by atoms with Gasteiger partial charge in [0.1, 0.15) is 5.82 Å². The first kappa shape index (κ1) is 14.9. The molecule has 8 heteroatoms. The molecule has 1 heterocycles. The van der Waals surface area contributed by atoms with Gasteiger partial charge in [0.05, 0.1) is 10.5 Å². The average Bonchev–Trinajstić information content (AvgIpc) is 2.38. The van der Waals surface area contributed by atoms with E-state index >= 15 is 0 Å². The third kappa shape index (κ3) is 2.82. The molecule has 0 aromatic heterocycles. The Morgan fingerprint density at radius 2 is 1.85 bits per heavy atom. The molecule has 1 aromatic rings.